The number of H-pyrrole nitrogens is 1. The van der Waals surface area contributed by atoms with E-state index in [1.807, 2.05) is 0 Å². The Morgan fingerprint density at radius 1 is 0.667 bits per heavy atom. The Labute approximate surface area is 189 Å². The highest BCUT2D eigenvalue weighted by atomic mass is 15.1. The lowest BCUT2D eigenvalue weighted by Crippen LogP contribution is -2.41. The predicted octanol–water partition coefficient (Wildman–Crippen LogP) is 9.42. The SMILES string of the molecule is CCCCCCCCCCCCCCCCC(C)[n+]1cc[nH]c1C(CC)CCCC. The Kier molecular flexibility index (Phi) is 17.2. The Morgan fingerprint density at radius 3 is 1.67 bits per heavy atom. The largest absolute Gasteiger partial charge is 0.257 e. The highest BCUT2D eigenvalue weighted by molar-refractivity contribution is 4.89. The van der Waals surface area contributed by atoms with Gasteiger partial charge in [0.1, 0.15) is 12.4 Å². The third-order valence-electron chi connectivity index (χ3n) is 6.98. The molecular formula is C28H55N2+. The molecule has 0 aliphatic heterocycles. The topological polar surface area (TPSA) is 19.7 Å². The van der Waals surface area contributed by atoms with Crippen molar-refractivity contribution in [2.24, 2.45) is 0 Å². The summed E-state index contributed by atoms with van der Waals surface area (Å²) in [4.78, 5) is 3.56. The van der Waals surface area contributed by atoms with Crippen LogP contribution in [-0.4, -0.2) is 4.98 Å². The minimum atomic E-state index is 0.624. The maximum absolute atomic E-state index is 3.56. The summed E-state index contributed by atoms with van der Waals surface area (Å²) >= 11 is 0. The van der Waals surface area contributed by atoms with Crippen molar-refractivity contribution in [1.82, 2.24) is 4.98 Å². The van der Waals surface area contributed by atoms with Gasteiger partial charge in [-0.25, -0.2) is 9.55 Å². The summed E-state index contributed by atoms with van der Waals surface area (Å²) in [6.45, 7) is 9.35. The van der Waals surface area contributed by atoms with Crippen LogP contribution in [0.15, 0.2) is 12.4 Å². The van der Waals surface area contributed by atoms with Gasteiger partial charge in [-0.3, -0.25) is 0 Å². The average Bonchev–Trinajstić information content (AvgIpc) is 3.24. The van der Waals surface area contributed by atoms with E-state index in [1.165, 1.54) is 128 Å². The first kappa shape index (κ1) is 27.2. The molecule has 1 rings (SSSR count). The molecule has 0 saturated heterocycles. The Bertz CT molecular complexity index is 479. The molecule has 0 fully saturated rings. The molecule has 2 atom stereocenters. The van der Waals surface area contributed by atoms with E-state index in [9.17, 15) is 0 Å². The Morgan fingerprint density at radius 2 is 1.17 bits per heavy atom. The van der Waals surface area contributed by atoms with Crippen molar-refractivity contribution in [3.8, 4) is 0 Å². The third kappa shape index (κ3) is 12.2. The molecule has 1 N–H and O–H groups in total. The minimum absolute atomic E-state index is 0.624. The first-order valence-electron chi connectivity index (χ1n) is 13.8. The van der Waals surface area contributed by atoms with Gasteiger partial charge in [0.15, 0.2) is 0 Å². The van der Waals surface area contributed by atoms with Crippen LogP contribution in [0.3, 0.4) is 0 Å². The van der Waals surface area contributed by atoms with E-state index in [0.717, 1.165) is 0 Å². The number of hydrogen-bond donors (Lipinski definition) is 1. The van der Waals surface area contributed by atoms with Crippen LogP contribution in [0.4, 0.5) is 0 Å². The van der Waals surface area contributed by atoms with Crippen molar-refractivity contribution < 1.29 is 4.57 Å². The van der Waals surface area contributed by atoms with Gasteiger partial charge >= 0.3 is 0 Å². The van der Waals surface area contributed by atoms with Gasteiger partial charge in [0.2, 0.25) is 0 Å². The summed E-state index contributed by atoms with van der Waals surface area (Å²) in [6.07, 6.45) is 31.1. The zero-order valence-corrected chi connectivity index (χ0v) is 21.2. The van der Waals surface area contributed by atoms with E-state index in [0.29, 0.717) is 12.0 Å². The summed E-state index contributed by atoms with van der Waals surface area (Å²) in [7, 11) is 0. The number of rotatable bonds is 21. The summed E-state index contributed by atoms with van der Waals surface area (Å²) in [5.74, 6) is 2.16. The predicted molar refractivity (Wildman–Crippen MR) is 133 cm³/mol. The van der Waals surface area contributed by atoms with Gasteiger partial charge < -0.3 is 0 Å². The van der Waals surface area contributed by atoms with Gasteiger partial charge in [-0.2, -0.15) is 0 Å². The number of nitrogens with zero attached hydrogens (tertiary/aromatic N) is 1. The quantitative estimate of drug-likeness (QED) is 0.151. The molecule has 30 heavy (non-hydrogen) atoms. The molecule has 176 valence electrons. The summed E-state index contributed by atoms with van der Waals surface area (Å²) < 4.78 is 2.53. The second-order valence-corrected chi connectivity index (χ2v) is 9.73. The van der Waals surface area contributed by atoms with Gasteiger partial charge in [-0.05, 0) is 32.6 Å². The van der Waals surface area contributed by atoms with Crippen molar-refractivity contribution in [2.75, 3.05) is 0 Å². The van der Waals surface area contributed by atoms with Crippen LogP contribution >= 0.6 is 0 Å². The normalized spacial score (nSPS) is 13.6. The molecule has 2 heteroatoms. The standard InChI is InChI=1S/C28H54N2/c1-5-8-10-11-12-13-14-15-16-17-18-19-20-21-22-26(4)30-25-24-29-28(30)27(7-3)23-9-6-2/h24-27H,5-23H2,1-4H3/p+1. The molecule has 2 nitrogen and oxygen atoms in total. The van der Waals surface area contributed by atoms with E-state index in [2.05, 4.69) is 49.6 Å². The lowest BCUT2D eigenvalue weighted by molar-refractivity contribution is -0.727. The minimum Gasteiger partial charge on any atom is -0.247 e. The lowest BCUT2D eigenvalue weighted by atomic mass is 9.97. The van der Waals surface area contributed by atoms with Crippen LogP contribution in [0.5, 0.6) is 0 Å². The average molecular weight is 420 g/mol. The first-order valence-corrected chi connectivity index (χ1v) is 13.8. The number of hydrogen-bond acceptors (Lipinski definition) is 0. The van der Waals surface area contributed by atoms with Crippen LogP contribution < -0.4 is 4.57 Å². The second-order valence-electron chi connectivity index (χ2n) is 9.73. The van der Waals surface area contributed by atoms with Crippen molar-refractivity contribution in [3.05, 3.63) is 18.2 Å². The molecule has 0 spiro atoms. The number of aromatic amines is 1. The van der Waals surface area contributed by atoms with E-state index < -0.39 is 0 Å². The van der Waals surface area contributed by atoms with Gasteiger partial charge in [-0.1, -0.05) is 117 Å². The fourth-order valence-corrected chi connectivity index (χ4v) is 4.83. The Hall–Kier alpha value is -0.790. The highest BCUT2D eigenvalue weighted by Gasteiger charge is 2.23. The third-order valence-corrected chi connectivity index (χ3v) is 6.98. The highest BCUT2D eigenvalue weighted by Crippen LogP contribution is 2.23. The fraction of sp³-hybridized carbons (Fsp3) is 0.893. The van der Waals surface area contributed by atoms with Gasteiger partial charge in [0.05, 0.1) is 12.0 Å². The molecule has 0 aromatic carbocycles. The molecule has 1 aromatic rings. The molecule has 0 aliphatic rings. The summed E-state index contributed by atoms with van der Waals surface area (Å²) in [5, 5.41) is 0. The van der Waals surface area contributed by atoms with Gasteiger partial charge in [0.25, 0.3) is 5.82 Å². The smallest absolute Gasteiger partial charge is 0.247 e. The molecule has 0 radical (unpaired) electrons. The molecule has 0 saturated carbocycles. The fourth-order valence-electron chi connectivity index (χ4n) is 4.83. The number of imidazole rings is 1. The van der Waals surface area contributed by atoms with Crippen LogP contribution in [0.2, 0.25) is 0 Å². The van der Waals surface area contributed by atoms with Gasteiger partial charge in [0, 0.05) is 0 Å². The molecule has 0 amide bonds. The second kappa shape index (κ2) is 18.9. The molecule has 2 unspecified atom stereocenters. The first-order chi connectivity index (χ1) is 14.7. The van der Waals surface area contributed by atoms with Crippen molar-refractivity contribution in [1.29, 1.82) is 0 Å². The number of nitrogens with one attached hydrogen (secondary N) is 1. The molecule has 1 heterocycles. The molecular weight excluding hydrogens is 364 g/mol. The lowest BCUT2D eigenvalue weighted by Gasteiger charge is -2.15. The van der Waals surface area contributed by atoms with Crippen molar-refractivity contribution in [3.63, 3.8) is 0 Å². The molecule has 0 aliphatic carbocycles. The van der Waals surface area contributed by atoms with Crippen molar-refractivity contribution >= 4 is 0 Å². The summed E-state index contributed by atoms with van der Waals surface area (Å²) in [5.41, 5.74) is 0. The monoisotopic (exact) mass is 419 g/mol. The molecule has 1 aromatic heterocycles. The van der Waals surface area contributed by atoms with E-state index >= 15 is 0 Å². The van der Waals surface area contributed by atoms with Crippen LogP contribution in [0.25, 0.3) is 0 Å². The van der Waals surface area contributed by atoms with Gasteiger partial charge in [-0.15, -0.1) is 0 Å². The van der Waals surface area contributed by atoms with Crippen molar-refractivity contribution in [2.45, 2.75) is 162 Å². The zero-order chi connectivity index (χ0) is 21.9. The van der Waals surface area contributed by atoms with Crippen LogP contribution in [0.1, 0.15) is 167 Å². The van der Waals surface area contributed by atoms with E-state index in [-0.39, 0.29) is 0 Å². The van der Waals surface area contributed by atoms with Crippen LogP contribution in [0, 0.1) is 0 Å². The maximum Gasteiger partial charge on any atom is 0.257 e. The Balaban J connectivity index is 2.05. The van der Waals surface area contributed by atoms with E-state index in [1.54, 1.807) is 0 Å². The molecule has 0 bridgehead atoms. The number of unbranched alkanes of at least 4 members (excludes halogenated alkanes) is 14. The van der Waals surface area contributed by atoms with Crippen LogP contribution in [-0.2, 0) is 0 Å². The van der Waals surface area contributed by atoms with E-state index in [4.69, 9.17) is 0 Å². The number of aromatic nitrogens is 2. The summed E-state index contributed by atoms with van der Waals surface area (Å²) in [6, 6.07) is 0.624. The zero-order valence-electron chi connectivity index (χ0n) is 21.2. The maximum atomic E-state index is 3.56.